The van der Waals surface area contributed by atoms with Crippen LogP contribution in [0, 0.1) is 0 Å². The number of aromatic hydroxyl groups is 1. The number of phenols is 1. The molecule has 36 heavy (non-hydrogen) atoms. The topological polar surface area (TPSA) is 82.4 Å². The van der Waals surface area contributed by atoms with E-state index in [-0.39, 0.29) is 17.7 Å². The number of ether oxygens (including phenoxy) is 1. The molecule has 0 spiro atoms. The number of amides is 1. The molecular formula is C27H21N3O4S2. The van der Waals surface area contributed by atoms with Crippen LogP contribution < -0.4 is 9.64 Å². The van der Waals surface area contributed by atoms with Crippen LogP contribution in [-0.2, 0) is 9.59 Å². The molecule has 9 heteroatoms. The Kier molecular flexibility index (Phi) is 6.58. The van der Waals surface area contributed by atoms with E-state index >= 15 is 0 Å². The molecule has 0 saturated carbocycles. The van der Waals surface area contributed by atoms with E-state index in [1.807, 2.05) is 42.5 Å². The Labute approximate surface area is 217 Å². The number of rotatable bonds is 5. The minimum absolute atomic E-state index is 0.167. The van der Waals surface area contributed by atoms with Crippen LogP contribution in [0.15, 0.2) is 95.1 Å². The molecule has 1 atom stereocenters. The Morgan fingerprint density at radius 2 is 1.86 bits per heavy atom. The number of phenolic OH excluding ortho intramolecular Hbond substituents is 1. The molecule has 180 valence electrons. The number of nitrogens with zero attached hydrogens (tertiary/aromatic N) is 3. The maximum Gasteiger partial charge on any atom is 0.308 e. The predicted octanol–water partition coefficient (Wildman–Crippen LogP) is 5.37. The summed E-state index contributed by atoms with van der Waals surface area (Å²) in [6, 6.07) is 23.3. The first-order chi connectivity index (χ1) is 17.4. The van der Waals surface area contributed by atoms with Crippen LogP contribution in [0.2, 0.25) is 0 Å². The highest BCUT2D eigenvalue weighted by molar-refractivity contribution is 8.27. The number of hydrazone groups is 1. The zero-order valence-corrected chi connectivity index (χ0v) is 20.8. The summed E-state index contributed by atoms with van der Waals surface area (Å²) in [5.74, 6) is -0.257. The predicted molar refractivity (Wildman–Crippen MR) is 144 cm³/mol. The monoisotopic (exact) mass is 515 g/mol. The lowest BCUT2D eigenvalue weighted by atomic mass is 9.98. The van der Waals surface area contributed by atoms with Crippen molar-refractivity contribution >= 4 is 51.6 Å². The Balaban J connectivity index is 1.49. The van der Waals surface area contributed by atoms with Crippen molar-refractivity contribution in [1.29, 1.82) is 0 Å². The van der Waals surface area contributed by atoms with Crippen molar-refractivity contribution in [2.75, 3.05) is 4.90 Å². The molecule has 7 nitrogen and oxygen atoms in total. The van der Waals surface area contributed by atoms with Gasteiger partial charge in [-0.25, -0.2) is 0 Å². The van der Waals surface area contributed by atoms with E-state index < -0.39 is 5.97 Å². The summed E-state index contributed by atoms with van der Waals surface area (Å²) in [5.41, 5.74) is 3.05. The van der Waals surface area contributed by atoms with Gasteiger partial charge in [-0.05, 0) is 23.8 Å². The molecule has 3 aromatic carbocycles. The third kappa shape index (κ3) is 4.75. The SMILES string of the molecule is CC(=O)Oc1cccc(N2C(=O)/C(=C/N3N=C(c4ccccc4)CC3c3ccccc3O)SC2=S)c1. The second kappa shape index (κ2) is 9.96. The maximum atomic E-state index is 13.4. The molecule has 2 heterocycles. The molecule has 1 unspecified atom stereocenters. The Bertz CT molecular complexity index is 1420. The standard InChI is InChI=1S/C27H21N3O4S2/c1-17(31)34-20-11-7-10-19(14-20)30-26(33)25(36-27(30)35)16-29-23(21-12-5-6-13-24(21)32)15-22(28-29)18-8-3-2-4-9-18/h2-14,16,23,32H,15H2,1H3/b25-16-. The molecule has 1 amide bonds. The summed E-state index contributed by atoms with van der Waals surface area (Å²) in [6.07, 6.45) is 2.24. The van der Waals surface area contributed by atoms with Crippen molar-refractivity contribution in [2.24, 2.45) is 5.10 Å². The number of esters is 1. The summed E-state index contributed by atoms with van der Waals surface area (Å²) in [4.78, 5) is 26.6. The first-order valence-corrected chi connectivity index (χ1v) is 12.4. The van der Waals surface area contributed by atoms with Crippen LogP contribution in [0.3, 0.4) is 0 Å². The van der Waals surface area contributed by atoms with Gasteiger partial charge < -0.3 is 9.84 Å². The lowest BCUT2D eigenvalue weighted by molar-refractivity contribution is -0.131. The zero-order chi connectivity index (χ0) is 25.2. The maximum absolute atomic E-state index is 13.4. The minimum Gasteiger partial charge on any atom is -0.508 e. The summed E-state index contributed by atoms with van der Waals surface area (Å²) < 4.78 is 5.51. The zero-order valence-electron chi connectivity index (χ0n) is 19.2. The molecule has 1 saturated heterocycles. The van der Waals surface area contributed by atoms with Crippen LogP contribution in [-0.4, -0.2) is 32.0 Å². The molecule has 2 aliphatic rings. The fraction of sp³-hybridized carbons (Fsp3) is 0.111. The summed E-state index contributed by atoms with van der Waals surface area (Å²) in [6.45, 7) is 1.32. The van der Waals surface area contributed by atoms with Gasteiger partial charge in [0.05, 0.1) is 22.3 Å². The summed E-state index contributed by atoms with van der Waals surface area (Å²) in [5, 5.41) is 17.1. The average Bonchev–Trinajstić information content (AvgIpc) is 3.40. The van der Waals surface area contributed by atoms with E-state index in [1.54, 1.807) is 47.6 Å². The van der Waals surface area contributed by atoms with Gasteiger partial charge in [0.1, 0.15) is 11.5 Å². The van der Waals surface area contributed by atoms with E-state index in [2.05, 4.69) is 0 Å². The van der Waals surface area contributed by atoms with Gasteiger partial charge in [0.25, 0.3) is 5.91 Å². The highest BCUT2D eigenvalue weighted by Gasteiger charge is 2.36. The number of carbonyl (C=O) groups is 2. The van der Waals surface area contributed by atoms with Gasteiger partial charge in [-0.3, -0.25) is 19.5 Å². The van der Waals surface area contributed by atoms with Crippen molar-refractivity contribution in [3.8, 4) is 11.5 Å². The minimum atomic E-state index is -0.450. The number of thioether (sulfide) groups is 1. The van der Waals surface area contributed by atoms with Crippen LogP contribution >= 0.6 is 24.0 Å². The van der Waals surface area contributed by atoms with Crippen molar-refractivity contribution in [1.82, 2.24) is 5.01 Å². The van der Waals surface area contributed by atoms with Gasteiger partial charge in [-0.2, -0.15) is 5.10 Å². The molecule has 0 aromatic heterocycles. The fourth-order valence-corrected chi connectivity index (χ4v) is 5.39. The Morgan fingerprint density at radius 3 is 2.61 bits per heavy atom. The van der Waals surface area contributed by atoms with Crippen LogP contribution in [0.1, 0.15) is 30.5 Å². The number of carbonyl (C=O) groups excluding carboxylic acids is 2. The van der Waals surface area contributed by atoms with Crippen LogP contribution in [0.5, 0.6) is 11.5 Å². The van der Waals surface area contributed by atoms with Gasteiger partial charge in [-0.1, -0.05) is 78.6 Å². The molecule has 1 N–H and O–H groups in total. The average molecular weight is 516 g/mol. The van der Waals surface area contributed by atoms with E-state index in [9.17, 15) is 14.7 Å². The summed E-state index contributed by atoms with van der Waals surface area (Å²) >= 11 is 6.69. The van der Waals surface area contributed by atoms with E-state index in [0.29, 0.717) is 32.6 Å². The smallest absolute Gasteiger partial charge is 0.308 e. The molecule has 2 aliphatic heterocycles. The second-order valence-electron chi connectivity index (χ2n) is 8.16. The molecule has 0 aliphatic carbocycles. The number of para-hydroxylation sites is 1. The lowest BCUT2D eigenvalue weighted by Crippen LogP contribution is -2.28. The van der Waals surface area contributed by atoms with Crippen LogP contribution in [0.4, 0.5) is 5.69 Å². The van der Waals surface area contributed by atoms with Gasteiger partial charge in [-0.15, -0.1) is 0 Å². The van der Waals surface area contributed by atoms with E-state index in [4.69, 9.17) is 22.1 Å². The largest absolute Gasteiger partial charge is 0.508 e. The van der Waals surface area contributed by atoms with E-state index in [0.717, 1.165) is 11.3 Å². The molecule has 0 radical (unpaired) electrons. The highest BCUT2D eigenvalue weighted by atomic mass is 32.2. The van der Waals surface area contributed by atoms with Crippen LogP contribution in [0.25, 0.3) is 0 Å². The first-order valence-electron chi connectivity index (χ1n) is 11.2. The lowest BCUT2D eigenvalue weighted by Gasteiger charge is -2.21. The van der Waals surface area contributed by atoms with Gasteiger partial charge in [0.15, 0.2) is 4.32 Å². The van der Waals surface area contributed by atoms with Crippen molar-refractivity contribution < 1.29 is 19.4 Å². The third-order valence-electron chi connectivity index (χ3n) is 5.73. The molecule has 3 aromatic rings. The Morgan fingerprint density at radius 1 is 1.11 bits per heavy atom. The summed E-state index contributed by atoms with van der Waals surface area (Å²) in [7, 11) is 0. The molecule has 5 rings (SSSR count). The van der Waals surface area contributed by atoms with Crippen molar-refractivity contribution in [3.63, 3.8) is 0 Å². The number of benzene rings is 3. The number of hydrogen-bond acceptors (Lipinski definition) is 8. The number of thiocarbonyl (C=S) groups is 1. The fourth-order valence-electron chi connectivity index (χ4n) is 4.13. The Hall–Kier alpha value is -3.95. The van der Waals surface area contributed by atoms with Crippen molar-refractivity contribution in [2.45, 2.75) is 19.4 Å². The number of anilines is 1. The molecule has 0 bridgehead atoms. The van der Waals surface area contributed by atoms with Gasteiger partial charge in [0, 0.05) is 31.2 Å². The molecular weight excluding hydrogens is 494 g/mol. The van der Waals surface area contributed by atoms with Crippen molar-refractivity contribution in [3.05, 3.63) is 101 Å². The quantitative estimate of drug-likeness (QED) is 0.212. The van der Waals surface area contributed by atoms with Gasteiger partial charge >= 0.3 is 5.97 Å². The first kappa shape index (κ1) is 23.8. The van der Waals surface area contributed by atoms with Gasteiger partial charge in [0.2, 0.25) is 0 Å². The second-order valence-corrected chi connectivity index (χ2v) is 9.84. The number of hydrogen-bond donors (Lipinski definition) is 1. The normalized spacial score (nSPS) is 18.6. The third-order valence-corrected chi connectivity index (χ3v) is 7.02. The van der Waals surface area contributed by atoms with E-state index in [1.165, 1.54) is 23.6 Å². The highest BCUT2D eigenvalue weighted by Crippen LogP contribution is 2.41. The molecule has 1 fully saturated rings.